The number of fused-ring (bicyclic) bond motifs is 6. The van der Waals surface area contributed by atoms with E-state index in [0.29, 0.717) is 5.92 Å². The molecule has 3 saturated carbocycles. The zero-order valence-corrected chi connectivity index (χ0v) is 30.2. The van der Waals surface area contributed by atoms with E-state index in [9.17, 15) is 0 Å². The molecule has 0 radical (unpaired) electrons. The van der Waals surface area contributed by atoms with Crippen LogP contribution in [0.5, 0.6) is 0 Å². The fourth-order valence-corrected chi connectivity index (χ4v) is 10.8. The lowest BCUT2D eigenvalue weighted by Gasteiger charge is -2.33. The maximum absolute atomic E-state index is 2.59. The van der Waals surface area contributed by atoms with Gasteiger partial charge in [-0.15, -0.1) is 0 Å². The molecule has 4 aliphatic carbocycles. The summed E-state index contributed by atoms with van der Waals surface area (Å²) in [6.45, 7) is 4.85. The van der Waals surface area contributed by atoms with Crippen molar-refractivity contribution in [1.29, 1.82) is 0 Å². The molecule has 6 aromatic carbocycles. The van der Waals surface area contributed by atoms with Gasteiger partial charge >= 0.3 is 0 Å². The van der Waals surface area contributed by atoms with Crippen LogP contribution in [-0.2, 0) is 5.41 Å². The van der Waals surface area contributed by atoms with Gasteiger partial charge in [0, 0.05) is 22.5 Å². The molecule has 4 aliphatic rings. The average Bonchev–Trinajstić information content (AvgIpc) is 3.88. The van der Waals surface area contributed by atoms with Crippen molar-refractivity contribution in [3.05, 3.63) is 150 Å². The van der Waals surface area contributed by atoms with E-state index in [2.05, 4.69) is 146 Å². The Labute approximate surface area is 304 Å². The molecule has 1 nitrogen and oxygen atoms in total. The van der Waals surface area contributed by atoms with Crippen molar-refractivity contribution in [3.63, 3.8) is 0 Å². The van der Waals surface area contributed by atoms with E-state index in [-0.39, 0.29) is 5.41 Å². The van der Waals surface area contributed by atoms with Gasteiger partial charge in [-0.25, -0.2) is 0 Å². The third-order valence-corrected chi connectivity index (χ3v) is 13.5. The Morgan fingerprint density at radius 1 is 0.549 bits per heavy atom. The Morgan fingerprint density at radius 2 is 1.24 bits per heavy atom. The van der Waals surface area contributed by atoms with Gasteiger partial charge in [0.15, 0.2) is 0 Å². The van der Waals surface area contributed by atoms with E-state index < -0.39 is 0 Å². The van der Waals surface area contributed by atoms with E-state index in [0.717, 1.165) is 17.8 Å². The minimum atomic E-state index is -0.117. The smallest absolute Gasteiger partial charge is 0.0496 e. The molecule has 6 aromatic rings. The molecule has 254 valence electrons. The summed E-state index contributed by atoms with van der Waals surface area (Å²) < 4.78 is 0. The molecule has 0 heterocycles. The van der Waals surface area contributed by atoms with Crippen molar-refractivity contribution in [3.8, 4) is 22.3 Å². The number of benzene rings is 6. The summed E-state index contributed by atoms with van der Waals surface area (Å²) in [5, 5.41) is 2.58. The van der Waals surface area contributed by atoms with Crippen LogP contribution in [0.3, 0.4) is 0 Å². The lowest BCUT2D eigenvalue weighted by molar-refractivity contribution is 0.420. The zero-order valence-electron chi connectivity index (χ0n) is 30.2. The Morgan fingerprint density at radius 3 is 2.02 bits per heavy atom. The monoisotopic (exact) mass is 663 g/mol. The first-order chi connectivity index (χ1) is 25.0. The fourth-order valence-electron chi connectivity index (χ4n) is 10.8. The van der Waals surface area contributed by atoms with Crippen LogP contribution in [0.1, 0.15) is 106 Å². The Bertz CT molecular complexity index is 2250. The third-order valence-electron chi connectivity index (χ3n) is 13.5. The summed E-state index contributed by atoms with van der Waals surface area (Å²) in [4.78, 5) is 2.59. The maximum Gasteiger partial charge on any atom is 0.0496 e. The molecule has 3 fully saturated rings. The number of hydrogen-bond donors (Lipinski definition) is 0. The summed E-state index contributed by atoms with van der Waals surface area (Å²) in [6.07, 6.45) is 12.3. The maximum atomic E-state index is 2.59. The van der Waals surface area contributed by atoms with Gasteiger partial charge in [0.05, 0.1) is 0 Å². The molecule has 51 heavy (non-hydrogen) atoms. The lowest BCUT2D eigenvalue weighted by atomic mass is 9.81. The van der Waals surface area contributed by atoms with Gasteiger partial charge in [-0.05, 0) is 154 Å². The molecule has 0 aliphatic heterocycles. The van der Waals surface area contributed by atoms with Crippen molar-refractivity contribution in [2.24, 2.45) is 11.8 Å². The number of nitrogens with zero attached hydrogens (tertiary/aromatic N) is 1. The minimum Gasteiger partial charge on any atom is -0.310 e. The van der Waals surface area contributed by atoms with E-state index in [4.69, 9.17) is 0 Å². The second kappa shape index (κ2) is 12.3. The Hall–Kier alpha value is -4.62. The lowest BCUT2D eigenvalue weighted by Crippen LogP contribution is -2.18. The van der Waals surface area contributed by atoms with Crippen LogP contribution in [0, 0.1) is 11.8 Å². The largest absolute Gasteiger partial charge is 0.310 e. The van der Waals surface area contributed by atoms with Gasteiger partial charge in [-0.2, -0.15) is 0 Å². The van der Waals surface area contributed by atoms with Crippen LogP contribution in [0.2, 0.25) is 0 Å². The topological polar surface area (TPSA) is 3.24 Å². The molecular weight excluding hydrogens is 615 g/mol. The van der Waals surface area contributed by atoms with E-state index in [1.54, 1.807) is 5.56 Å². The molecule has 3 atom stereocenters. The second-order valence-electron chi connectivity index (χ2n) is 16.8. The first kappa shape index (κ1) is 31.1. The molecular formula is C50H49N. The van der Waals surface area contributed by atoms with Crippen LogP contribution >= 0.6 is 0 Å². The fraction of sp³-hybridized carbons (Fsp3) is 0.320. The molecule has 0 N–H and O–H groups in total. The van der Waals surface area contributed by atoms with Crippen LogP contribution < -0.4 is 4.90 Å². The minimum absolute atomic E-state index is 0.117. The van der Waals surface area contributed by atoms with Crippen molar-refractivity contribution in [1.82, 2.24) is 0 Å². The van der Waals surface area contributed by atoms with Crippen LogP contribution in [0.15, 0.2) is 127 Å². The van der Waals surface area contributed by atoms with Gasteiger partial charge < -0.3 is 4.90 Å². The van der Waals surface area contributed by atoms with Crippen LogP contribution in [0.25, 0.3) is 33.0 Å². The predicted molar refractivity (Wildman–Crippen MR) is 216 cm³/mol. The standard InChI is InChI=1S/C50H49N/c1-50(2)47-31-39(38-19-18-34-10-6-7-13-37(34)30-38)22-26-44(47)45-27-25-42(32-48(45)50)51(49-15-9-8-14-43(49)35-11-4-3-5-12-35)41-23-20-36(21-24-41)46-29-33-16-17-40(46)28-33/h6-10,13-15,18-27,30-33,35,40,46H,3-5,11-12,16-17,28-29H2,1-2H3. The molecule has 0 spiro atoms. The van der Waals surface area contributed by atoms with Crippen molar-refractivity contribution in [2.45, 2.75) is 88.9 Å². The highest BCUT2D eigenvalue weighted by Gasteiger charge is 2.40. The van der Waals surface area contributed by atoms with Gasteiger partial charge in [-0.3, -0.25) is 0 Å². The van der Waals surface area contributed by atoms with Gasteiger partial charge in [-0.1, -0.05) is 124 Å². The molecule has 2 bridgehead atoms. The quantitative estimate of drug-likeness (QED) is 0.171. The summed E-state index contributed by atoms with van der Waals surface area (Å²) in [7, 11) is 0. The predicted octanol–water partition coefficient (Wildman–Crippen LogP) is 14.2. The Balaban J connectivity index is 1.06. The first-order valence-electron chi connectivity index (χ1n) is 19.8. The molecule has 3 unspecified atom stereocenters. The normalized spacial score (nSPS) is 21.9. The highest BCUT2D eigenvalue weighted by atomic mass is 15.1. The van der Waals surface area contributed by atoms with Gasteiger partial charge in [0.25, 0.3) is 0 Å². The summed E-state index contributed by atoms with van der Waals surface area (Å²) in [6, 6.07) is 49.2. The molecule has 0 saturated heterocycles. The average molecular weight is 664 g/mol. The molecule has 1 heteroatoms. The van der Waals surface area contributed by atoms with Crippen molar-refractivity contribution < 1.29 is 0 Å². The van der Waals surface area contributed by atoms with E-state index in [1.807, 2.05) is 0 Å². The van der Waals surface area contributed by atoms with Crippen molar-refractivity contribution >= 4 is 27.8 Å². The summed E-state index contributed by atoms with van der Waals surface area (Å²) in [5.41, 5.74) is 15.0. The van der Waals surface area contributed by atoms with Crippen LogP contribution in [0.4, 0.5) is 17.1 Å². The van der Waals surface area contributed by atoms with Crippen LogP contribution in [-0.4, -0.2) is 0 Å². The number of rotatable bonds is 6. The highest BCUT2D eigenvalue weighted by molar-refractivity contribution is 5.90. The molecule has 0 amide bonds. The third kappa shape index (κ3) is 5.26. The number of para-hydroxylation sites is 1. The van der Waals surface area contributed by atoms with E-state index >= 15 is 0 Å². The summed E-state index contributed by atoms with van der Waals surface area (Å²) >= 11 is 0. The Kier molecular flexibility index (Phi) is 7.49. The van der Waals surface area contributed by atoms with Gasteiger partial charge in [0.2, 0.25) is 0 Å². The van der Waals surface area contributed by atoms with Gasteiger partial charge in [0.1, 0.15) is 0 Å². The number of anilines is 3. The second-order valence-corrected chi connectivity index (χ2v) is 16.8. The summed E-state index contributed by atoms with van der Waals surface area (Å²) in [5.74, 6) is 3.22. The number of hydrogen-bond acceptors (Lipinski definition) is 1. The van der Waals surface area contributed by atoms with Crippen molar-refractivity contribution in [2.75, 3.05) is 4.90 Å². The highest BCUT2D eigenvalue weighted by Crippen LogP contribution is 2.54. The van der Waals surface area contributed by atoms with E-state index in [1.165, 1.54) is 125 Å². The zero-order chi connectivity index (χ0) is 34.1. The molecule has 0 aromatic heterocycles. The molecule has 10 rings (SSSR count). The first-order valence-corrected chi connectivity index (χ1v) is 19.8. The SMILES string of the molecule is CC1(C)c2cc(-c3ccc4ccccc4c3)ccc2-c2ccc(N(c3ccc(C4CC5CCC4C5)cc3)c3ccccc3C3CCCCC3)cc21.